The Labute approximate surface area is 150 Å². The number of pyridine rings is 1. The van der Waals surface area contributed by atoms with Crippen molar-refractivity contribution in [1.29, 1.82) is 0 Å². The maximum Gasteiger partial charge on any atom is 0.256 e. The molecule has 6 heteroatoms. The molecule has 0 radical (unpaired) electrons. The standard InChI is InChI=1S/C18H18ClN3OS/c1-12-4-5-13(2)22(12)18-15(8-9-24-18)17(23)21(3)11-14-6-7-16(19)20-10-14/h4-10H,11H2,1-3H3. The molecule has 0 fully saturated rings. The molecule has 4 nitrogen and oxygen atoms in total. The summed E-state index contributed by atoms with van der Waals surface area (Å²) < 4.78 is 2.12. The van der Waals surface area contributed by atoms with E-state index in [4.69, 9.17) is 11.6 Å². The average molecular weight is 360 g/mol. The van der Waals surface area contributed by atoms with E-state index in [1.165, 1.54) is 0 Å². The van der Waals surface area contributed by atoms with Crippen LogP contribution in [0, 0.1) is 13.8 Å². The van der Waals surface area contributed by atoms with Crippen LogP contribution in [0.3, 0.4) is 0 Å². The summed E-state index contributed by atoms with van der Waals surface area (Å²) in [4.78, 5) is 18.6. The molecule has 0 atom stereocenters. The third-order valence-electron chi connectivity index (χ3n) is 3.90. The van der Waals surface area contributed by atoms with Crippen molar-refractivity contribution in [3.63, 3.8) is 0 Å². The van der Waals surface area contributed by atoms with Crippen LogP contribution in [-0.4, -0.2) is 27.4 Å². The zero-order valence-corrected chi connectivity index (χ0v) is 15.4. The molecular formula is C18H18ClN3OS. The Morgan fingerprint density at radius 3 is 2.54 bits per heavy atom. The van der Waals surface area contributed by atoms with Gasteiger partial charge in [0.1, 0.15) is 10.2 Å². The highest BCUT2D eigenvalue weighted by atomic mass is 35.5. The normalized spacial score (nSPS) is 10.8. The van der Waals surface area contributed by atoms with Crippen LogP contribution in [0.2, 0.25) is 5.15 Å². The van der Waals surface area contributed by atoms with Crippen LogP contribution in [0.4, 0.5) is 0 Å². The third kappa shape index (κ3) is 3.23. The highest BCUT2D eigenvalue weighted by Crippen LogP contribution is 2.27. The molecular weight excluding hydrogens is 342 g/mol. The number of aromatic nitrogens is 2. The van der Waals surface area contributed by atoms with Crippen molar-refractivity contribution >= 4 is 28.8 Å². The molecule has 3 heterocycles. The van der Waals surface area contributed by atoms with Crippen LogP contribution in [0.5, 0.6) is 0 Å². The van der Waals surface area contributed by atoms with E-state index in [1.54, 1.807) is 35.5 Å². The number of nitrogens with zero attached hydrogens (tertiary/aromatic N) is 3. The number of hydrogen-bond donors (Lipinski definition) is 0. The first kappa shape index (κ1) is 16.7. The Balaban J connectivity index is 1.86. The summed E-state index contributed by atoms with van der Waals surface area (Å²) >= 11 is 7.38. The fourth-order valence-electron chi connectivity index (χ4n) is 2.68. The van der Waals surface area contributed by atoms with E-state index in [2.05, 4.69) is 21.7 Å². The second kappa shape index (κ2) is 6.79. The minimum absolute atomic E-state index is 0.00583. The van der Waals surface area contributed by atoms with E-state index >= 15 is 0 Å². The lowest BCUT2D eigenvalue weighted by molar-refractivity contribution is 0.0785. The van der Waals surface area contributed by atoms with E-state index in [0.29, 0.717) is 17.3 Å². The van der Waals surface area contributed by atoms with Crippen molar-refractivity contribution in [2.75, 3.05) is 7.05 Å². The van der Waals surface area contributed by atoms with Crippen LogP contribution in [-0.2, 0) is 6.54 Å². The summed E-state index contributed by atoms with van der Waals surface area (Å²) in [6.45, 7) is 4.58. The lowest BCUT2D eigenvalue weighted by Gasteiger charge is -2.18. The van der Waals surface area contributed by atoms with Gasteiger partial charge in [0.05, 0.1) is 5.56 Å². The quantitative estimate of drug-likeness (QED) is 0.644. The van der Waals surface area contributed by atoms with Gasteiger partial charge >= 0.3 is 0 Å². The van der Waals surface area contributed by atoms with Crippen LogP contribution in [0.1, 0.15) is 27.3 Å². The number of carbonyl (C=O) groups is 1. The summed E-state index contributed by atoms with van der Waals surface area (Å²) in [7, 11) is 1.80. The molecule has 0 unspecified atom stereocenters. The van der Waals surface area contributed by atoms with Gasteiger partial charge in [-0.15, -0.1) is 11.3 Å². The second-order valence-corrected chi connectivity index (χ2v) is 7.02. The van der Waals surface area contributed by atoms with Crippen LogP contribution < -0.4 is 0 Å². The molecule has 0 aliphatic carbocycles. The topological polar surface area (TPSA) is 38.1 Å². The number of thiophene rings is 1. The number of rotatable bonds is 4. The van der Waals surface area contributed by atoms with Gasteiger partial charge in [-0.1, -0.05) is 17.7 Å². The lowest BCUT2D eigenvalue weighted by Crippen LogP contribution is -2.26. The Morgan fingerprint density at radius 2 is 1.92 bits per heavy atom. The maximum atomic E-state index is 12.9. The van der Waals surface area contributed by atoms with Crippen molar-refractivity contribution in [2.45, 2.75) is 20.4 Å². The summed E-state index contributed by atoms with van der Waals surface area (Å²) in [6, 6.07) is 9.63. The summed E-state index contributed by atoms with van der Waals surface area (Å²) in [5, 5.41) is 3.37. The van der Waals surface area contributed by atoms with Crippen molar-refractivity contribution in [2.24, 2.45) is 0 Å². The molecule has 0 bridgehead atoms. The smallest absolute Gasteiger partial charge is 0.256 e. The fourth-order valence-corrected chi connectivity index (χ4v) is 3.80. The first-order chi connectivity index (χ1) is 11.5. The highest BCUT2D eigenvalue weighted by Gasteiger charge is 2.20. The van der Waals surface area contributed by atoms with Crippen molar-refractivity contribution in [3.05, 3.63) is 69.6 Å². The fraction of sp³-hybridized carbons (Fsp3) is 0.222. The maximum absolute atomic E-state index is 12.9. The van der Waals surface area contributed by atoms with Crippen LogP contribution in [0.25, 0.3) is 5.00 Å². The van der Waals surface area contributed by atoms with E-state index in [0.717, 1.165) is 22.0 Å². The van der Waals surface area contributed by atoms with Gasteiger partial charge in [0.15, 0.2) is 0 Å². The molecule has 3 rings (SSSR count). The van der Waals surface area contributed by atoms with Gasteiger partial charge in [0.25, 0.3) is 5.91 Å². The van der Waals surface area contributed by atoms with Crippen LogP contribution in [0.15, 0.2) is 41.9 Å². The van der Waals surface area contributed by atoms with Crippen molar-refractivity contribution in [3.8, 4) is 5.00 Å². The number of aryl methyl sites for hydroxylation is 2. The number of amides is 1. The van der Waals surface area contributed by atoms with Crippen LogP contribution >= 0.6 is 22.9 Å². The molecule has 0 saturated heterocycles. The van der Waals surface area contributed by atoms with Gasteiger partial charge in [-0.2, -0.15) is 0 Å². The number of halogens is 1. The molecule has 3 aromatic heterocycles. The summed E-state index contributed by atoms with van der Waals surface area (Å²) in [5.74, 6) is -0.00583. The minimum atomic E-state index is -0.00583. The first-order valence-corrected chi connectivity index (χ1v) is 8.82. The molecule has 0 aromatic carbocycles. The molecule has 0 aliphatic rings. The van der Waals surface area contributed by atoms with Gasteiger partial charge in [-0.25, -0.2) is 4.98 Å². The molecule has 0 spiro atoms. The Hall–Kier alpha value is -2.11. The molecule has 3 aromatic rings. The first-order valence-electron chi connectivity index (χ1n) is 7.56. The zero-order chi connectivity index (χ0) is 17.3. The van der Waals surface area contributed by atoms with Gasteiger partial charge in [0.2, 0.25) is 0 Å². The van der Waals surface area contributed by atoms with Gasteiger partial charge in [-0.05, 0) is 49.1 Å². The van der Waals surface area contributed by atoms with Crippen molar-refractivity contribution < 1.29 is 4.79 Å². The predicted molar refractivity (Wildman–Crippen MR) is 98.2 cm³/mol. The largest absolute Gasteiger partial charge is 0.337 e. The highest BCUT2D eigenvalue weighted by molar-refractivity contribution is 7.13. The predicted octanol–water partition coefficient (Wildman–Crippen LogP) is 4.48. The Morgan fingerprint density at radius 1 is 1.21 bits per heavy atom. The number of carbonyl (C=O) groups excluding carboxylic acids is 1. The molecule has 24 heavy (non-hydrogen) atoms. The van der Waals surface area contributed by atoms with Gasteiger partial charge < -0.3 is 9.47 Å². The Bertz CT molecular complexity index is 847. The van der Waals surface area contributed by atoms with Crippen molar-refractivity contribution in [1.82, 2.24) is 14.5 Å². The molecule has 0 saturated carbocycles. The minimum Gasteiger partial charge on any atom is -0.337 e. The number of hydrogen-bond acceptors (Lipinski definition) is 3. The molecule has 124 valence electrons. The molecule has 0 aliphatic heterocycles. The Kier molecular flexibility index (Phi) is 4.73. The zero-order valence-electron chi connectivity index (χ0n) is 13.8. The summed E-state index contributed by atoms with van der Waals surface area (Å²) in [6.07, 6.45) is 1.70. The molecule has 0 N–H and O–H groups in total. The van der Waals surface area contributed by atoms with E-state index in [9.17, 15) is 4.79 Å². The van der Waals surface area contributed by atoms with E-state index < -0.39 is 0 Å². The second-order valence-electron chi connectivity index (χ2n) is 5.74. The lowest BCUT2D eigenvalue weighted by atomic mass is 10.2. The average Bonchev–Trinajstić information content (AvgIpc) is 3.15. The summed E-state index contributed by atoms with van der Waals surface area (Å²) in [5.41, 5.74) is 3.90. The van der Waals surface area contributed by atoms with Gasteiger partial charge in [0, 0.05) is 31.2 Å². The third-order valence-corrected chi connectivity index (χ3v) is 5.03. The monoisotopic (exact) mass is 359 g/mol. The van der Waals surface area contributed by atoms with E-state index in [-0.39, 0.29) is 5.91 Å². The van der Waals surface area contributed by atoms with E-state index in [1.807, 2.05) is 31.4 Å². The molecule has 1 amide bonds. The SMILES string of the molecule is Cc1ccc(C)n1-c1sccc1C(=O)N(C)Cc1ccc(Cl)nc1. The van der Waals surface area contributed by atoms with Gasteiger partial charge in [-0.3, -0.25) is 4.79 Å².